The highest BCUT2D eigenvalue weighted by Crippen LogP contribution is 2.03. The molecule has 2 aromatic heterocycles. The largest absolute Gasteiger partial charge is 0.354 e. The molecule has 0 aliphatic carbocycles. The van der Waals surface area contributed by atoms with Crippen molar-refractivity contribution in [2.75, 3.05) is 11.9 Å². The Hall–Kier alpha value is -2.50. The van der Waals surface area contributed by atoms with E-state index >= 15 is 0 Å². The summed E-state index contributed by atoms with van der Waals surface area (Å²) in [6.45, 7) is 4.77. The lowest BCUT2D eigenvalue weighted by Gasteiger charge is -2.07. The number of carbonyl (C=O) groups excluding carboxylic acids is 1. The van der Waals surface area contributed by atoms with Gasteiger partial charge in [0.2, 0.25) is 11.9 Å². The molecule has 21 heavy (non-hydrogen) atoms. The molecule has 2 aromatic rings. The first-order valence-electron chi connectivity index (χ1n) is 6.86. The molecule has 0 aromatic carbocycles. The summed E-state index contributed by atoms with van der Waals surface area (Å²) in [6, 6.07) is 7.53. The molecule has 0 aliphatic rings. The van der Waals surface area contributed by atoms with E-state index in [0.29, 0.717) is 25.5 Å². The molecule has 0 spiro atoms. The van der Waals surface area contributed by atoms with Crippen molar-refractivity contribution in [2.24, 2.45) is 0 Å². The van der Waals surface area contributed by atoms with Gasteiger partial charge < -0.3 is 10.6 Å². The summed E-state index contributed by atoms with van der Waals surface area (Å²) >= 11 is 0. The van der Waals surface area contributed by atoms with Crippen LogP contribution in [0.2, 0.25) is 0 Å². The summed E-state index contributed by atoms with van der Waals surface area (Å²) in [4.78, 5) is 24.4. The Morgan fingerprint density at radius 3 is 2.62 bits per heavy atom. The second kappa shape index (κ2) is 7.33. The van der Waals surface area contributed by atoms with Crippen LogP contribution in [0, 0.1) is 13.8 Å². The smallest absolute Gasteiger partial charge is 0.223 e. The van der Waals surface area contributed by atoms with Gasteiger partial charge in [0.1, 0.15) is 0 Å². The van der Waals surface area contributed by atoms with Crippen molar-refractivity contribution in [3.05, 3.63) is 47.5 Å². The van der Waals surface area contributed by atoms with Gasteiger partial charge in [0, 0.05) is 30.6 Å². The topological polar surface area (TPSA) is 79.8 Å². The van der Waals surface area contributed by atoms with Crippen LogP contribution < -0.4 is 10.6 Å². The van der Waals surface area contributed by atoms with Crippen LogP contribution in [-0.4, -0.2) is 27.4 Å². The van der Waals surface area contributed by atoms with E-state index in [-0.39, 0.29) is 5.91 Å². The number of aryl methyl sites for hydroxylation is 2. The maximum absolute atomic E-state index is 11.7. The van der Waals surface area contributed by atoms with E-state index in [1.54, 1.807) is 6.20 Å². The third kappa shape index (κ3) is 5.18. The molecule has 0 saturated heterocycles. The van der Waals surface area contributed by atoms with Gasteiger partial charge in [-0.1, -0.05) is 6.07 Å². The van der Waals surface area contributed by atoms with Crippen LogP contribution in [0.1, 0.15) is 23.5 Å². The number of carbonyl (C=O) groups is 1. The van der Waals surface area contributed by atoms with Gasteiger partial charge in [-0.2, -0.15) is 0 Å². The van der Waals surface area contributed by atoms with E-state index in [9.17, 15) is 4.79 Å². The standard InChI is InChI=1S/C15H19N5O/c1-11-9-12(2)20-15(19-11)17-8-6-14(21)18-10-13-5-3-4-7-16-13/h3-5,7,9H,6,8,10H2,1-2H3,(H,18,21)(H,17,19,20). The van der Waals surface area contributed by atoms with Gasteiger partial charge in [-0.3, -0.25) is 9.78 Å². The van der Waals surface area contributed by atoms with Crippen LogP contribution in [0.4, 0.5) is 5.95 Å². The predicted molar refractivity (Wildman–Crippen MR) is 80.7 cm³/mol. The number of nitrogens with one attached hydrogen (secondary N) is 2. The zero-order valence-corrected chi connectivity index (χ0v) is 12.3. The van der Waals surface area contributed by atoms with Crippen molar-refractivity contribution in [3.8, 4) is 0 Å². The second-order valence-electron chi connectivity index (χ2n) is 4.75. The van der Waals surface area contributed by atoms with Crippen LogP contribution >= 0.6 is 0 Å². The molecule has 0 saturated carbocycles. The molecule has 1 amide bonds. The zero-order valence-electron chi connectivity index (χ0n) is 12.3. The van der Waals surface area contributed by atoms with Crippen molar-refractivity contribution in [2.45, 2.75) is 26.8 Å². The van der Waals surface area contributed by atoms with Crippen LogP contribution in [0.5, 0.6) is 0 Å². The number of aromatic nitrogens is 3. The molecule has 0 atom stereocenters. The minimum atomic E-state index is -0.0301. The van der Waals surface area contributed by atoms with Gasteiger partial charge in [0.05, 0.1) is 12.2 Å². The number of anilines is 1. The maximum atomic E-state index is 11.7. The second-order valence-corrected chi connectivity index (χ2v) is 4.75. The maximum Gasteiger partial charge on any atom is 0.223 e. The van der Waals surface area contributed by atoms with Crippen molar-refractivity contribution < 1.29 is 4.79 Å². The third-order valence-corrected chi connectivity index (χ3v) is 2.81. The molecule has 6 heteroatoms. The number of amides is 1. The lowest BCUT2D eigenvalue weighted by atomic mass is 10.3. The number of rotatable bonds is 6. The molecular weight excluding hydrogens is 266 g/mol. The van der Waals surface area contributed by atoms with E-state index in [2.05, 4.69) is 25.6 Å². The molecule has 0 fully saturated rings. The minimum Gasteiger partial charge on any atom is -0.354 e. The minimum absolute atomic E-state index is 0.0301. The summed E-state index contributed by atoms with van der Waals surface area (Å²) in [5.41, 5.74) is 2.66. The predicted octanol–water partition coefficient (Wildman–Crippen LogP) is 1.61. The van der Waals surface area contributed by atoms with E-state index in [1.165, 1.54) is 0 Å². The molecule has 2 N–H and O–H groups in total. The van der Waals surface area contributed by atoms with Gasteiger partial charge in [-0.25, -0.2) is 9.97 Å². The van der Waals surface area contributed by atoms with Crippen molar-refractivity contribution in [3.63, 3.8) is 0 Å². The summed E-state index contributed by atoms with van der Waals surface area (Å²) in [7, 11) is 0. The highest BCUT2D eigenvalue weighted by molar-refractivity contribution is 5.76. The molecule has 6 nitrogen and oxygen atoms in total. The number of pyridine rings is 1. The Morgan fingerprint density at radius 1 is 1.19 bits per heavy atom. The highest BCUT2D eigenvalue weighted by Gasteiger charge is 2.03. The molecule has 0 radical (unpaired) electrons. The summed E-state index contributed by atoms with van der Waals surface area (Å²) in [5.74, 6) is 0.530. The van der Waals surface area contributed by atoms with Crippen LogP contribution in [0.15, 0.2) is 30.5 Å². The Bertz CT molecular complexity index is 580. The number of hydrogen-bond acceptors (Lipinski definition) is 5. The monoisotopic (exact) mass is 285 g/mol. The van der Waals surface area contributed by atoms with Gasteiger partial charge in [0.15, 0.2) is 0 Å². The lowest BCUT2D eigenvalue weighted by Crippen LogP contribution is -2.25. The normalized spacial score (nSPS) is 10.2. The molecule has 2 rings (SSSR count). The zero-order chi connectivity index (χ0) is 15.1. The van der Waals surface area contributed by atoms with E-state index in [4.69, 9.17) is 0 Å². The molecule has 0 unspecified atom stereocenters. The van der Waals surface area contributed by atoms with Crippen LogP contribution in [-0.2, 0) is 11.3 Å². The molecule has 0 bridgehead atoms. The SMILES string of the molecule is Cc1cc(C)nc(NCCC(=O)NCc2ccccn2)n1. The van der Waals surface area contributed by atoms with Gasteiger partial charge in [0.25, 0.3) is 0 Å². The lowest BCUT2D eigenvalue weighted by molar-refractivity contribution is -0.121. The Labute approximate surface area is 124 Å². The fourth-order valence-electron chi connectivity index (χ4n) is 1.87. The summed E-state index contributed by atoms with van der Waals surface area (Å²) in [5, 5.41) is 5.88. The quantitative estimate of drug-likeness (QED) is 0.843. The van der Waals surface area contributed by atoms with Crippen molar-refractivity contribution in [1.29, 1.82) is 0 Å². The van der Waals surface area contributed by atoms with Gasteiger partial charge in [-0.05, 0) is 32.0 Å². The van der Waals surface area contributed by atoms with E-state index in [0.717, 1.165) is 17.1 Å². The first-order valence-corrected chi connectivity index (χ1v) is 6.86. The Kier molecular flexibility index (Phi) is 5.20. The van der Waals surface area contributed by atoms with E-state index < -0.39 is 0 Å². The van der Waals surface area contributed by atoms with Crippen LogP contribution in [0.25, 0.3) is 0 Å². The average molecular weight is 285 g/mol. The Morgan fingerprint density at radius 2 is 1.95 bits per heavy atom. The van der Waals surface area contributed by atoms with E-state index in [1.807, 2.05) is 38.1 Å². The van der Waals surface area contributed by atoms with Gasteiger partial charge >= 0.3 is 0 Å². The Balaban J connectivity index is 1.72. The fourth-order valence-corrected chi connectivity index (χ4v) is 1.87. The van der Waals surface area contributed by atoms with Crippen molar-refractivity contribution >= 4 is 11.9 Å². The number of hydrogen-bond donors (Lipinski definition) is 2. The highest BCUT2D eigenvalue weighted by atomic mass is 16.1. The fraction of sp³-hybridized carbons (Fsp3) is 0.333. The molecule has 0 aliphatic heterocycles. The first-order chi connectivity index (χ1) is 10.1. The van der Waals surface area contributed by atoms with Gasteiger partial charge in [-0.15, -0.1) is 0 Å². The third-order valence-electron chi connectivity index (χ3n) is 2.81. The molecule has 2 heterocycles. The van der Waals surface area contributed by atoms with Crippen molar-refractivity contribution in [1.82, 2.24) is 20.3 Å². The summed E-state index contributed by atoms with van der Waals surface area (Å²) in [6.07, 6.45) is 2.07. The van der Waals surface area contributed by atoms with Crippen LogP contribution in [0.3, 0.4) is 0 Å². The summed E-state index contributed by atoms with van der Waals surface area (Å²) < 4.78 is 0. The average Bonchev–Trinajstić information content (AvgIpc) is 2.45. The molecular formula is C15H19N5O. The first kappa shape index (κ1) is 14.9. The number of nitrogens with zero attached hydrogens (tertiary/aromatic N) is 3. The molecule has 110 valence electrons.